The van der Waals surface area contributed by atoms with Gasteiger partial charge in [-0.3, -0.25) is 10.00 Å². The van der Waals surface area contributed by atoms with Gasteiger partial charge < -0.3 is 9.47 Å². The van der Waals surface area contributed by atoms with Gasteiger partial charge in [0.1, 0.15) is 17.0 Å². The number of anilines is 1. The Morgan fingerprint density at radius 3 is 2.54 bits per heavy atom. The highest BCUT2D eigenvalue weighted by molar-refractivity contribution is 7.16. The van der Waals surface area contributed by atoms with E-state index >= 15 is 0 Å². The fourth-order valence-electron chi connectivity index (χ4n) is 3.74. The van der Waals surface area contributed by atoms with Gasteiger partial charge in [0.2, 0.25) is 0 Å². The molecule has 188 valence electrons. The summed E-state index contributed by atoms with van der Waals surface area (Å²) in [6, 6.07) is 7.14. The molecule has 7 nitrogen and oxygen atoms in total. The molecule has 0 saturated heterocycles. The molecule has 1 N–H and O–H groups in total. The van der Waals surface area contributed by atoms with E-state index in [0.29, 0.717) is 16.3 Å². The van der Waals surface area contributed by atoms with Crippen molar-refractivity contribution in [3.8, 4) is 17.0 Å². The van der Waals surface area contributed by atoms with Gasteiger partial charge in [0.05, 0.1) is 19.3 Å². The lowest BCUT2D eigenvalue weighted by atomic mass is 9.97. The minimum absolute atomic E-state index is 0.0286. The number of methoxy groups -OCH3 is 1. The first-order valence-corrected chi connectivity index (χ1v) is 11.9. The lowest BCUT2D eigenvalue weighted by molar-refractivity contribution is -0.167. The topological polar surface area (TPSA) is 78.3 Å². The average molecular weight is 529 g/mol. The van der Waals surface area contributed by atoms with E-state index in [0.717, 1.165) is 16.9 Å². The normalized spacial score (nSPS) is 17.8. The summed E-state index contributed by atoms with van der Waals surface area (Å²) < 4.78 is 54.3. The molecule has 0 aliphatic heterocycles. The molecule has 0 fully saturated rings. The number of carbonyl (C=O) groups excluding carboxylic acids is 1. The molecule has 0 saturated carbocycles. The number of benzene rings is 1. The maximum Gasteiger partial charge on any atom is 0.413 e. The largest absolute Gasteiger partial charge is 0.497 e. The third-order valence-electron chi connectivity index (χ3n) is 5.35. The van der Waals surface area contributed by atoms with Crippen molar-refractivity contribution in [2.75, 3.05) is 12.4 Å². The second-order valence-corrected chi connectivity index (χ2v) is 10.9. The number of carbonyl (C=O) groups is 1. The molecule has 0 radical (unpaired) electrons. The third-order valence-corrected chi connectivity index (χ3v) is 6.96. The highest BCUT2D eigenvalue weighted by atomic mass is 35.5. The molecular weight excluding hydrogens is 505 g/mol. The van der Waals surface area contributed by atoms with Gasteiger partial charge in [-0.2, -0.15) is 18.3 Å². The molecule has 0 spiro atoms. The van der Waals surface area contributed by atoms with Crippen LogP contribution in [0.15, 0.2) is 30.5 Å². The number of aryl methyl sites for hydroxylation is 1. The van der Waals surface area contributed by atoms with Crippen LogP contribution in [0.25, 0.3) is 11.3 Å². The van der Waals surface area contributed by atoms with Crippen LogP contribution in [0.3, 0.4) is 0 Å². The Bertz CT molecular complexity index is 1230. The Labute approximate surface area is 209 Å². The van der Waals surface area contributed by atoms with Crippen LogP contribution in [0.2, 0.25) is 0 Å². The van der Waals surface area contributed by atoms with Gasteiger partial charge in [0, 0.05) is 16.6 Å². The van der Waals surface area contributed by atoms with Gasteiger partial charge in [0.15, 0.2) is 10.0 Å². The van der Waals surface area contributed by atoms with E-state index in [4.69, 9.17) is 21.1 Å². The fraction of sp³-hybridized carbons (Fsp3) is 0.435. The number of hydrogen-bond donors (Lipinski definition) is 1. The highest BCUT2D eigenvalue weighted by Gasteiger charge is 2.58. The van der Waals surface area contributed by atoms with E-state index in [1.54, 1.807) is 52.1 Å². The summed E-state index contributed by atoms with van der Waals surface area (Å²) in [6.07, 6.45) is -4.29. The SMILES string of the molecule is COc1ccc(Cn2cc3c(n2)C(Cl)(C(F)(F)F)CCc2sc(NC(=O)OC(C)(C)C)nc2-3)cc1. The number of nitrogens with zero attached hydrogens (tertiary/aromatic N) is 3. The van der Waals surface area contributed by atoms with Crippen molar-refractivity contribution in [3.05, 3.63) is 46.6 Å². The molecule has 1 aliphatic rings. The van der Waals surface area contributed by atoms with Gasteiger partial charge in [-0.25, -0.2) is 9.78 Å². The molecule has 4 rings (SSSR count). The van der Waals surface area contributed by atoms with Crippen LogP contribution >= 0.6 is 22.9 Å². The third kappa shape index (κ3) is 5.25. The first kappa shape index (κ1) is 25.3. The monoisotopic (exact) mass is 528 g/mol. The van der Waals surface area contributed by atoms with Crippen molar-refractivity contribution < 1.29 is 27.4 Å². The van der Waals surface area contributed by atoms with E-state index in [1.165, 1.54) is 10.9 Å². The maximum absolute atomic E-state index is 14.2. The number of alkyl halides is 4. The summed E-state index contributed by atoms with van der Waals surface area (Å²) >= 11 is 7.35. The van der Waals surface area contributed by atoms with Crippen molar-refractivity contribution in [2.24, 2.45) is 0 Å². The molecular formula is C23H24ClF3N4O3S. The average Bonchev–Trinajstić information content (AvgIpc) is 3.32. The van der Waals surface area contributed by atoms with Crippen molar-refractivity contribution in [1.29, 1.82) is 0 Å². The molecule has 35 heavy (non-hydrogen) atoms. The molecule has 2 heterocycles. The number of amides is 1. The molecule has 1 atom stereocenters. The standard InChI is InChI=1S/C23H24ClF3N4O3S/c1-21(2,3)34-20(32)29-19-28-17-15-12-31(11-13-5-7-14(33-4)8-6-13)30-18(15)22(24,23(25,26)27)10-9-16(17)35-19/h5-8,12H,9-11H2,1-4H3,(H,28,29,32). The summed E-state index contributed by atoms with van der Waals surface area (Å²) in [4.78, 5) is 14.5. The summed E-state index contributed by atoms with van der Waals surface area (Å²) in [6.45, 7) is 5.41. The predicted octanol–water partition coefficient (Wildman–Crippen LogP) is 6.35. The minimum atomic E-state index is -4.73. The van der Waals surface area contributed by atoms with Crippen LogP contribution < -0.4 is 10.1 Å². The summed E-state index contributed by atoms with van der Waals surface area (Å²) in [5.74, 6) is 0.666. The number of hydrogen-bond acceptors (Lipinski definition) is 6. The van der Waals surface area contributed by atoms with Crippen molar-refractivity contribution in [1.82, 2.24) is 14.8 Å². The van der Waals surface area contributed by atoms with Gasteiger partial charge >= 0.3 is 12.3 Å². The van der Waals surface area contributed by atoms with Crippen LogP contribution in [-0.2, 0) is 22.6 Å². The molecule has 1 amide bonds. The lowest BCUT2D eigenvalue weighted by Crippen LogP contribution is -2.38. The van der Waals surface area contributed by atoms with E-state index in [-0.39, 0.29) is 29.4 Å². The first-order valence-electron chi connectivity index (χ1n) is 10.8. The number of rotatable bonds is 4. The van der Waals surface area contributed by atoms with Gasteiger partial charge in [-0.05, 0) is 51.3 Å². The zero-order valence-corrected chi connectivity index (χ0v) is 21.1. The number of halogens is 4. The quantitative estimate of drug-likeness (QED) is 0.399. The van der Waals surface area contributed by atoms with Crippen molar-refractivity contribution in [3.63, 3.8) is 0 Å². The highest BCUT2D eigenvalue weighted by Crippen LogP contribution is 2.53. The van der Waals surface area contributed by atoms with E-state index in [1.807, 2.05) is 0 Å². The summed E-state index contributed by atoms with van der Waals surface area (Å²) in [5, 5.41) is 7.07. The number of thiazole rings is 1. The summed E-state index contributed by atoms with van der Waals surface area (Å²) in [7, 11) is 1.55. The Kier molecular flexibility index (Phi) is 6.52. The molecule has 2 aromatic heterocycles. The molecule has 1 unspecified atom stereocenters. The van der Waals surface area contributed by atoms with E-state index < -0.39 is 29.2 Å². The van der Waals surface area contributed by atoms with Gasteiger partial charge in [-0.1, -0.05) is 12.1 Å². The zero-order valence-electron chi connectivity index (χ0n) is 19.5. The Balaban J connectivity index is 1.72. The number of nitrogens with one attached hydrogen (secondary N) is 1. The molecule has 12 heteroatoms. The summed E-state index contributed by atoms with van der Waals surface area (Å²) in [5.41, 5.74) is 0.323. The van der Waals surface area contributed by atoms with Crippen LogP contribution in [-0.4, -0.2) is 39.7 Å². The van der Waals surface area contributed by atoms with Crippen molar-refractivity contribution in [2.45, 2.75) is 56.8 Å². The first-order chi connectivity index (χ1) is 16.3. The Morgan fingerprint density at radius 1 is 1.26 bits per heavy atom. The molecule has 1 aliphatic carbocycles. The second-order valence-electron chi connectivity index (χ2n) is 9.15. The van der Waals surface area contributed by atoms with Crippen LogP contribution in [0.4, 0.5) is 23.1 Å². The van der Waals surface area contributed by atoms with Crippen LogP contribution in [0, 0.1) is 0 Å². The number of fused-ring (bicyclic) bond motifs is 3. The maximum atomic E-state index is 14.2. The molecule has 0 bridgehead atoms. The smallest absolute Gasteiger partial charge is 0.413 e. The van der Waals surface area contributed by atoms with Gasteiger partial charge in [0.25, 0.3) is 0 Å². The fourth-order valence-corrected chi connectivity index (χ4v) is 4.94. The van der Waals surface area contributed by atoms with Gasteiger partial charge in [-0.15, -0.1) is 22.9 Å². The minimum Gasteiger partial charge on any atom is -0.497 e. The Hall–Kier alpha value is -2.79. The number of ether oxygens (including phenoxy) is 2. The second kappa shape index (κ2) is 9.02. The van der Waals surface area contributed by atoms with Crippen LogP contribution in [0.1, 0.15) is 43.3 Å². The Morgan fingerprint density at radius 2 is 1.94 bits per heavy atom. The number of aromatic nitrogens is 3. The lowest BCUT2D eigenvalue weighted by Gasteiger charge is -2.27. The van der Waals surface area contributed by atoms with E-state index in [2.05, 4.69) is 15.4 Å². The van der Waals surface area contributed by atoms with Crippen molar-refractivity contribution >= 4 is 34.2 Å². The molecule has 3 aromatic rings. The van der Waals surface area contributed by atoms with Crippen LogP contribution in [0.5, 0.6) is 5.75 Å². The molecule has 1 aromatic carbocycles. The predicted molar refractivity (Wildman–Crippen MR) is 127 cm³/mol. The zero-order chi connectivity index (χ0) is 25.6. The van der Waals surface area contributed by atoms with E-state index in [9.17, 15) is 18.0 Å².